The van der Waals surface area contributed by atoms with Gasteiger partial charge in [-0.1, -0.05) is 6.92 Å². The lowest BCUT2D eigenvalue weighted by Crippen LogP contribution is -1.94. The summed E-state index contributed by atoms with van der Waals surface area (Å²) in [7, 11) is 1.92. The number of aryl methyl sites for hydroxylation is 2. The van der Waals surface area contributed by atoms with Crippen LogP contribution in [0.25, 0.3) is 0 Å². The van der Waals surface area contributed by atoms with Crippen molar-refractivity contribution in [2.24, 2.45) is 7.05 Å². The molecule has 2 aromatic rings. The van der Waals surface area contributed by atoms with Crippen molar-refractivity contribution in [3.05, 3.63) is 34.7 Å². The zero-order chi connectivity index (χ0) is 11.5. The number of nitrogens with zero attached hydrogens (tertiary/aromatic N) is 3. The second-order valence-electron chi connectivity index (χ2n) is 3.50. The summed E-state index contributed by atoms with van der Waals surface area (Å²) in [6.07, 6.45) is 4.63. The molecule has 1 N–H and O–H groups in total. The monoisotopic (exact) mass is 280 g/mol. The Labute approximate surface area is 103 Å². The maximum atomic E-state index is 4.36. The average molecular weight is 281 g/mol. The molecule has 0 aliphatic heterocycles. The Morgan fingerprint density at radius 1 is 1.44 bits per heavy atom. The van der Waals surface area contributed by atoms with Crippen LogP contribution < -0.4 is 5.32 Å². The van der Waals surface area contributed by atoms with Gasteiger partial charge in [0.05, 0.1) is 11.4 Å². The van der Waals surface area contributed by atoms with Crippen LogP contribution in [0.5, 0.6) is 0 Å². The maximum absolute atomic E-state index is 4.36. The fourth-order valence-corrected chi connectivity index (χ4v) is 1.72. The summed E-state index contributed by atoms with van der Waals surface area (Å²) >= 11 is 3.36. The Morgan fingerprint density at radius 3 is 2.88 bits per heavy atom. The van der Waals surface area contributed by atoms with Gasteiger partial charge >= 0.3 is 0 Å². The van der Waals surface area contributed by atoms with Gasteiger partial charge in [-0.15, -0.1) is 0 Å². The van der Waals surface area contributed by atoms with Crippen molar-refractivity contribution in [1.82, 2.24) is 14.8 Å². The molecule has 0 fully saturated rings. The molecule has 0 atom stereocenters. The van der Waals surface area contributed by atoms with Crippen LogP contribution in [0.2, 0.25) is 0 Å². The summed E-state index contributed by atoms with van der Waals surface area (Å²) in [6, 6.07) is 3.88. The predicted molar refractivity (Wildman–Crippen MR) is 67.8 cm³/mol. The van der Waals surface area contributed by atoms with Gasteiger partial charge in [0.1, 0.15) is 5.82 Å². The maximum Gasteiger partial charge on any atom is 0.130 e. The first kappa shape index (κ1) is 11.1. The van der Waals surface area contributed by atoms with Crippen LogP contribution in [0.1, 0.15) is 12.6 Å². The van der Waals surface area contributed by atoms with Crippen molar-refractivity contribution in [2.45, 2.75) is 13.3 Å². The number of anilines is 2. The summed E-state index contributed by atoms with van der Waals surface area (Å²) in [4.78, 5) is 4.26. The molecule has 2 rings (SSSR count). The van der Waals surface area contributed by atoms with Gasteiger partial charge in [-0.25, -0.2) is 4.98 Å². The summed E-state index contributed by atoms with van der Waals surface area (Å²) in [5, 5.41) is 7.62. The number of pyridine rings is 1. The fraction of sp³-hybridized carbons (Fsp3) is 0.273. The zero-order valence-corrected chi connectivity index (χ0v) is 10.8. The first-order chi connectivity index (χ1) is 7.69. The van der Waals surface area contributed by atoms with Crippen molar-refractivity contribution in [1.29, 1.82) is 0 Å². The van der Waals surface area contributed by atoms with E-state index in [1.165, 1.54) is 0 Å². The molecule has 5 heteroatoms. The van der Waals surface area contributed by atoms with Gasteiger partial charge in [0.25, 0.3) is 0 Å². The number of hydrogen-bond acceptors (Lipinski definition) is 3. The minimum absolute atomic E-state index is 0.825. The number of nitrogens with one attached hydrogen (secondary N) is 1. The number of hydrogen-bond donors (Lipinski definition) is 1. The van der Waals surface area contributed by atoms with E-state index in [1.807, 2.05) is 25.4 Å². The van der Waals surface area contributed by atoms with E-state index in [0.29, 0.717) is 0 Å². The molecule has 0 aliphatic rings. The zero-order valence-electron chi connectivity index (χ0n) is 9.24. The molecule has 0 radical (unpaired) electrons. The van der Waals surface area contributed by atoms with Crippen molar-refractivity contribution in [3.8, 4) is 0 Å². The molecular weight excluding hydrogens is 268 g/mol. The molecule has 0 spiro atoms. The Morgan fingerprint density at radius 2 is 2.25 bits per heavy atom. The van der Waals surface area contributed by atoms with Gasteiger partial charge in [0.2, 0.25) is 0 Å². The number of aromatic nitrogens is 3. The number of halogens is 1. The molecule has 16 heavy (non-hydrogen) atoms. The van der Waals surface area contributed by atoms with Crippen LogP contribution in [0.3, 0.4) is 0 Å². The average Bonchev–Trinajstić information content (AvgIpc) is 2.62. The standard InChI is InChI=1S/C11H13BrN4/c1-3-9-10(7-16(2)15-9)14-11-5-4-8(12)6-13-11/h4-7H,3H2,1-2H3,(H,13,14). The molecule has 0 unspecified atom stereocenters. The molecule has 0 aliphatic carbocycles. The smallest absolute Gasteiger partial charge is 0.130 e. The molecule has 0 bridgehead atoms. The second-order valence-corrected chi connectivity index (χ2v) is 4.42. The largest absolute Gasteiger partial charge is 0.337 e. The third-order valence-electron chi connectivity index (χ3n) is 2.23. The van der Waals surface area contributed by atoms with Crippen LogP contribution in [-0.2, 0) is 13.5 Å². The molecule has 4 nitrogen and oxygen atoms in total. The lowest BCUT2D eigenvalue weighted by atomic mass is 10.3. The molecular formula is C11H13BrN4. The Kier molecular flexibility index (Phi) is 3.24. The normalized spacial score (nSPS) is 10.4. The first-order valence-corrected chi connectivity index (χ1v) is 5.89. The topological polar surface area (TPSA) is 42.7 Å². The molecule has 0 saturated carbocycles. The summed E-state index contributed by atoms with van der Waals surface area (Å²) in [6.45, 7) is 2.09. The van der Waals surface area contributed by atoms with E-state index in [2.05, 4.69) is 38.3 Å². The first-order valence-electron chi connectivity index (χ1n) is 5.10. The molecule has 84 valence electrons. The Hall–Kier alpha value is -1.36. The van der Waals surface area contributed by atoms with Gasteiger partial charge in [-0.3, -0.25) is 4.68 Å². The Bertz CT molecular complexity index is 475. The van der Waals surface area contributed by atoms with Crippen LogP contribution in [0.4, 0.5) is 11.5 Å². The van der Waals surface area contributed by atoms with Crippen LogP contribution in [-0.4, -0.2) is 14.8 Å². The lowest BCUT2D eigenvalue weighted by Gasteiger charge is -2.03. The highest BCUT2D eigenvalue weighted by Crippen LogP contribution is 2.19. The highest BCUT2D eigenvalue weighted by molar-refractivity contribution is 9.10. The summed E-state index contributed by atoms with van der Waals surface area (Å²) in [5.41, 5.74) is 2.06. The number of rotatable bonds is 3. The fourth-order valence-electron chi connectivity index (χ4n) is 1.49. The third-order valence-corrected chi connectivity index (χ3v) is 2.70. The molecule has 2 aromatic heterocycles. The van der Waals surface area contributed by atoms with Gasteiger partial charge in [-0.2, -0.15) is 5.10 Å². The van der Waals surface area contributed by atoms with Gasteiger partial charge in [0, 0.05) is 23.9 Å². The summed E-state index contributed by atoms with van der Waals surface area (Å²) in [5.74, 6) is 0.825. The van der Waals surface area contributed by atoms with Crippen LogP contribution in [0, 0.1) is 0 Å². The molecule has 0 saturated heterocycles. The minimum Gasteiger partial charge on any atom is -0.337 e. The van der Waals surface area contributed by atoms with Gasteiger partial charge in [0.15, 0.2) is 0 Å². The molecule has 0 aromatic carbocycles. The van der Waals surface area contributed by atoms with Crippen molar-refractivity contribution >= 4 is 27.4 Å². The van der Waals surface area contributed by atoms with Crippen molar-refractivity contribution in [3.63, 3.8) is 0 Å². The van der Waals surface area contributed by atoms with E-state index in [9.17, 15) is 0 Å². The highest BCUT2D eigenvalue weighted by atomic mass is 79.9. The Balaban J connectivity index is 2.22. The lowest BCUT2D eigenvalue weighted by molar-refractivity contribution is 0.746. The second kappa shape index (κ2) is 4.65. The predicted octanol–water partition coefficient (Wildman–Crippen LogP) is 2.88. The van der Waals surface area contributed by atoms with E-state index < -0.39 is 0 Å². The quantitative estimate of drug-likeness (QED) is 0.940. The van der Waals surface area contributed by atoms with Crippen molar-refractivity contribution in [2.75, 3.05) is 5.32 Å². The SMILES string of the molecule is CCc1nn(C)cc1Nc1ccc(Br)cn1. The van der Waals surface area contributed by atoms with Crippen LogP contribution in [0.15, 0.2) is 29.0 Å². The van der Waals surface area contributed by atoms with Gasteiger partial charge < -0.3 is 5.32 Å². The summed E-state index contributed by atoms with van der Waals surface area (Å²) < 4.78 is 2.78. The van der Waals surface area contributed by atoms with E-state index in [-0.39, 0.29) is 0 Å². The van der Waals surface area contributed by atoms with Crippen LogP contribution >= 0.6 is 15.9 Å². The van der Waals surface area contributed by atoms with Gasteiger partial charge in [-0.05, 0) is 34.5 Å². The van der Waals surface area contributed by atoms with E-state index in [0.717, 1.165) is 28.1 Å². The molecule has 2 heterocycles. The third kappa shape index (κ3) is 2.41. The van der Waals surface area contributed by atoms with E-state index in [4.69, 9.17) is 0 Å². The van der Waals surface area contributed by atoms with Crippen molar-refractivity contribution < 1.29 is 0 Å². The highest BCUT2D eigenvalue weighted by Gasteiger charge is 2.06. The van der Waals surface area contributed by atoms with E-state index in [1.54, 1.807) is 10.9 Å². The van der Waals surface area contributed by atoms with E-state index >= 15 is 0 Å². The minimum atomic E-state index is 0.825. The molecule has 0 amide bonds.